The van der Waals surface area contributed by atoms with Gasteiger partial charge in [-0.2, -0.15) is 0 Å². The first kappa shape index (κ1) is 13.3. The van der Waals surface area contributed by atoms with E-state index in [0.29, 0.717) is 5.56 Å². The molecule has 104 valence electrons. The molecular formula is C16H13N3OS. The number of aromatic nitrogens is 1. The van der Waals surface area contributed by atoms with E-state index in [0.717, 1.165) is 16.6 Å². The van der Waals surface area contributed by atoms with E-state index in [-0.39, 0.29) is 11.0 Å². The van der Waals surface area contributed by atoms with Crippen LogP contribution >= 0.6 is 12.2 Å². The highest BCUT2D eigenvalue weighted by Gasteiger charge is 2.08. The van der Waals surface area contributed by atoms with Crippen molar-refractivity contribution in [1.82, 2.24) is 10.3 Å². The first-order valence-corrected chi connectivity index (χ1v) is 6.88. The van der Waals surface area contributed by atoms with Crippen LogP contribution in [0.25, 0.3) is 10.9 Å². The van der Waals surface area contributed by atoms with Gasteiger partial charge in [0.05, 0.1) is 11.2 Å². The summed E-state index contributed by atoms with van der Waals surface area (Å²) >= 11 is 5.19. The molecule has 3 aromatic rings. The summed E-state index contributed by atoms with van der Waals surface area (Å²) in [5.41, 5.74) is 2.35. The molecule has 0 spiro atoms. The molecule has 0 aliphatic rings. The second kappa shape index (κ2) is 5.76. The van der Waals surface area contributed by atoms with E-state index in [1.54, 1.807) is 12.1 Å². The van der Waals surface area contributed by atoms with E-state index in [1.165, 1.54) is 0 Å². The van der Waals surface area contributed by atoms with Gasteiger partial charge in [-0.25, -0.2) is 0 Å². The van der Waals surface area contributed by atoms with Crippen LogP contribution in [0.1, 0.15) is 10.4 Å². The molecule has 21 heavy (non-hydrogen) atoms. The molecule has 0 fully saturated rings. The number of amides is 1. The lowest BCUT2D eigenvalue weighted by atomic mass is 10.2. The van der Waals surface area contributed by atoms with Crippen molar-refractivity contribution >= 4 is 39.8 Å². The van der Waals surface area contributed by atoms with Crippen molar-refractivity contribution < 1.29 is 4.79 Å². The Morgan fingerprint density at radius 2 is 1.81 bits per heavy atom. The zero-order chi connectivity index (χ0) is 14.7. The van der Waals surface area contributed by atoms with Crippen molar-refractivity contribution in [3.05, 3.63) is 66.4 Å². The zero-order valence-corrected chi connectivity index (χ0v) is 11.9. The van der Waals surface area contributed by atoms with Crippen LogP contribution in [0, 0.1) is 0 Å². The Bertz CT molecular complexity index is 795. The average molecular weight is 295 g/mol. The van der Waals surface area contributed by atoms with Gasteiger partial charge in [-0.05, 0) is 36.5 Å². The third kappa shape index (κ3) is 2.93. The SMILES string of the molecule is O=C(NC(=S)Nc1cccc2cc[nH]c12)c1ccccc1. The van der Waals surface area contributed by atoms with Gasteiger partial charge in [0, 0.05) is 17.1 Å². The molecule has 0 aliphatic carbocycles. The van der Waals surface area contributed by atoms with Crippen LogP contribution in [0.15, 0.2) is 60.8 Å². The van der Waals surface area contributed by atoms with Crippen LogP contribution in [-0.2, 0) is 0 Å². The number of hydrogen-bond acceptors (Lipinski definition) is 2. The minimum Gasteiger partial charge on any atom is -0.359 e. The Balaban J connectivity index is 1.72. The topological polar surface area (TPSA) is 56.9 Å². The predicted molar refractivity (Wildman–Crippen MR) is 88.4 cm³/mol. The number of para-hydroxylation sites is 1. The molecule has 0 saturated carbocycles. The maximum Gasteiger partial charge on any atom is 0.257 e. The molecule has 0 radical (unpaired) electrons. The van der Waals surface area contributed by atoms with Crippen LogP contribution in [0.4, 0.5) is 5.69 Å². The number of benzene rings is 2. The number of carbonyl (C=O) groups excluding carboxylic acids is 1. The molecule has 1 heterocycles. The molecule has 5 heteroatoms. The van der Waals surface area contributed by atoms with Crippen LogP contribution in [-0.4, -0.2) is 16.0 Å². The molecular weight excluding hydrogens is 282 g/mol. The first-order valence-electron chi connectivity index (χ1n) is 6.47. The Kier molecular flexibility index (Phi) is 3.66. The second-order valence-electron chi connectivity index (χ2n) is 4.52. The fourth-order valence-electron chi connectivity index (χ4n) is 2.11. The second-order valence-corrected chi connectivity index (χ2v) is 4.93. The molecule has 3 rings (SSSR count). The summed E-state index contributed by atoms with van der Waals surface area (Å²) in [4.78, 5) is 15.2. The van der Waals surface area contributed by atoms with Crippen molar-refractivity contribution in [2.45, 2.75) is 0 Å². The lowest BCUT2D eigenvalue weighted by Crippen LogP contribution is -2.34. The van der Waals surface area contributed by atoms with Crippen LogP contribution in [0.5, 0.6) is 0 Å². The van der Waals surface area contributed by atoms with E-state index >= 15 is 0 Å². The normalized spacial score (nSPS) is 10.3. The molecule has 0 saturated heterocycles. The fraction of sp³-hybridized carbons (Fsp3) is 0. The van der Waals surface area contributed by atoms with Crippen molar-refractivity contribution in [3.63, 3.8) is 0 Å². The monoisotopic (exact) mass is 295 g/mol. The Morgan fingerprint density at radius 3 is 2.62 bits per heavy atom. The maximum atomic E-state index is 12.0. The Labute approximate surface area is 127 Å². The summed E-state index contributed by atoms with van der Waals surface area (Å²) in [5, 5.41) is 7.06. The molecule has 3 N–H and O–H groups in total. The highest BCUT2D eigenvalue weighted by atomic mass is 32.1. The molecule has 0 unspecified atom stereocenters. The third-order valence-electron chi connectivity index (χ3n) is 3.10. The van der Waals surface area contributed by atoms with Crippen molar-refractivity contribution in [3.8, 4) is 0 Å². The van der Waals surface area contributed by atoms with Gasteiger partial charge < -0.3 is 10.3 Å². The smallest absolute Gasteiger partial charge is 0.257 e. The lowest BCUT2D eigenvalue weighted by molar-refractivity contribution is 0.0978. The first-order chi connectivity index (χ1) is 10.2. The van der Waals surface area contributed by atoms with Crippen molar-refractivity contribution in [2.24, 2.45) is 0 Å². The van der Waals surface area contributed by atoms with Gasteiger partial charge in [-0.1, -0.05) is 30.3 Å². The quantitative estimate of drug-likeness (QED) is 0.636. The number of rotatable bonds is 2. The minimum atomic E-state index is -0.230. The molecule has 4 nitrogen and oxygen atoms in total. The molecule has 2 aromatic carbocycles. The summed E-state index contributed by atoms with van der Waals surface area (Å²) in [7, 11) is 0. The maximum absolute atomic E-state index is 12.0. The molecule has 0 aliphatic heterocycles. The van der Waals surface area contributed by atoms with E-state index in [2.05, 4.69) is 15.6 Å². The Hall–Kier alpha value is -2.66. The molecule has 1 aromatic heterocycles. The van der Waals surface area contributed by atoms with Crippen LogP contribution in [0.2, 0.25) is 0 Å². The van der Waals surface area contributed by atoms with Gasteiger partial charge in [0.1, 0.15) is 0 Å². The van der Waals surface area contributed by atoms with Crippen LogP contribution in [0.3, 0.4) is 0 Å². The number of aromatic amines is 1. The highest BCUT2D eigenvalue weighted by Crippen LogP contribution is 2.21. The van der Waals surface area contributed by atoms with Crippen LogP contribution < -0.4 is 10.6 Å². The molecule has 0 bridgehead atoms. The van der Waals surface area contributed by atoms with Gasteiger partial charge in [0.15, 0.2) is 5.11 Å². The summed E-state index contributed by atoms with van der Waals surface area (Å²) in [6, 6.07) is 16.8. The Morgan fingerprint density at radius 1 is 1.00 bits per heavy atom. The standard InChI is InChI=1S/C16H13N3OS/c20-15(12-5-2-1-3-6-12)19-16(21)18-13-8-4-7-11-9-10-17-14(11)13/h1-10,17H,(H2,18,19,20,21). The van der Waals surface area contributed by atoms with Crippen molar-refractivity contribution in [1.29, 1.82) is 0 Å². The van der Waals surface area contributed by atoms with Gasteiger partial charge in [0.25, 0.3) is 5.91 Å². The van der Waals surface area contributed by atoms with E-state index in [4.69, 9.17) is 12.2 Å². The number of thiocarbonyl (C=S) groups is 1. The number of nitrogens with one attached hydrogen (secondary N) is 3. The molecule has 0 atom stereocenters. The molecule has 1 amide bonds. The average Bonchev–Trinajstić information content (AvgIpc) is 2.97. The van der Waals surface area contributed by atoms with E-state index in [9.17, 15) is 4.79 Å². The largest absolute Gasteiger partial charge is 0.359 e. The number of carbonyl (C=O) groups is 1. The van der Waals surface area contributed by atoms with Crippen molar-refractivity contribution in [2.75, 3.05) is 5.32 Å². The van der Waals surface area contributed by atoms with Gasteiger partial charge >= 0.3 is 0 Å². The summed E-state index contributed by atoms with van der Waals surface area (Å²) in [5.74, 6) is -0.230. The number of fused-ring (bicyclic) bond motifs is 1. The van der Waals surface area contributed by atoms with Gasteiger partial charge in [0.2, 0.25) is 0 Å². The summed E-state index contributed by atoms with van der Waals surface area (Å²) in [6.07, 6.45) is 1.86. The number of H-pyrrole nitrogens is 1. The lowest BCUT2D eigenvalue weighted by Gasteiger charge is -2.10. The van der Waals surface area contributed by atoms with Gasteiger partial charge in [-0.15, -0.1) is 0 Å². The third-order valence-corrected chi connectivity index (χ3v) is 3.30. The highest BCUT2D eigenvalue weighted by molar-refractivity contribution is 7.80. The fourth-order valence-corrected chi connectivity index (χ4v) is 2.31. The minimum absolute atomic E-state index is 0.230. The predicted octanol–water partition coefficient (Wildman–Crippen LogP) is 3.29. The number of anilines is 1. The van der Waals surface area contributed by atoms with Gasteiger partial charge in [-0.3, -0.25) is 10.1 Å². The zero-order valence-electron chi connectivity index (χ0n) is 11.1. The summed E-state index contributed by atoms with van der Waals surface area (Å²) in [6.45, 7) is 0. The number of hydrogen-bond donors (Lipinski definition) is 3. The van der Waals surface area contributed by atoms with E-state index < -0.39 is 0 Å². The summed E-state index contributed by atoms with van der Waals surface area (Å²) < 4.78 is 0. The van der Waals surface area contributed by atoms with E-state index in [1.807, 2.05) is 48.7 Å².